The summed E-state index contributed by atoms with van der Waals surface area (Å²) < 4.78 is 29.6. The van der Waals surface area contributed by atoms with E-state index in [1.807, 2.05) is 18.2 Å². The van der Waals surface area contributed by atoms with Crippen LogP contribution in [0, 0.1) is 0 Å². The second kappa shape index (κ2) is 9.72. The van der Waals surface area contributed by atoms with Crippen molar-refractivity contribution < 1.29 is 8.42 Å². The maximum atomic E-state index is 12.7. The summed E-state index contributed by atoms with van der Waals surface area (Å²) in [6.07, 6.45) is 5.85. The van der Waals surface area contributed by atoms with Crippen LogP contribution in [0.2, 0.25) is 0 Å². The van der Waals surface area contributed by atoms with Crippen LogP contribution in [0.5, 0.6) is 0 Å². The molecule has 1 aliphatic heterocycles. The molecule has 1 heterocycles. The van der Waals surface area contributed by atoms with Gasteiger partial charge in [-0.25, -0.2) is 0 Å². The van der Waals surface area contributed by atoms with Gasteiger partial charge in [0.05, 0.1) is 5.69 Å². The summed E-state index contributed by atoms with van der Waals surface area (Å²) in [5.41, 5.74) is 10.1. The molecule has 0 aromatic heterocycles. The van der Waals surface area contributed by atoms with Gasteiger partial charge in [0.25, 0.3) is 0 Å². The van der Waals surface area contributed by atoms with Crippen molar-refractivity contribution >= 4 is 15.9 Å². The third kappa shape index (κ3) is 5.58. The van der Waals surface area contributed by atoms with Crippen LogP contribution in [0.3, 0.4) is 0 Å². The van der Waals surface area contributed by atoms with E-state index in [1.54, 1.807) is 6.07 Å². The molecule has 2 aliphatic carbocycles. The lowest BCUT2D eigenvalue weighted by Crippen LogP contribution is -2.48. The van der Waals surface area contributed by atoms with E-state index in [0.29, 0.717) is 55.9 Å². The first kappa shape index (κ1) is 22.8. The molecule has 5 rings (SSSR count). The molecule has 7 nitrogen and oxygen atoms in total. The second-order valence-corrected chi connectivity index (χ2v) is 11.4. The number of hydrogen-bond donors (Lipinski definition) is 4. The normalized spacial score (nSPS) is 28.4. The molecular weight excluding hydrogens is 434 g/mol. The second-order valence-electron chi connectivity index (χ2n) is 9.69. The minimum absolute atomic E-state index is 0.390. The van der Waals surface area contributed by atoms with E-state index < -0.39 is 10.2 Å². The zero-order valence-corrected chi connectivity index (χ0v) is 19.9. The fraction of sp³-hybridized carbons (Fsp3) is 0.520. The van der Waals surface area contributed by atoms with Crippen LogP contribution in [0.1, 0.15) is 43.6 Å². The number of nitrogens with two attached hydrogens (primary N) is 1. The largest absolute Gasteiger partial charge is 0.328 e. The average molecular weight is 470 g/mol. The third-order valence-corrected chi connectivity index (χ3v) is 8.75. The predicted octanol–water partition coefficient (Wildman–Crippen LogP) is 2.63. The van der Waals surface area contributed by atoms with E-state index in [0.717, 1.165) is 24.0 Å². The van der Waals surface area contributed by atoms with Gasteiger partial charge < -0.3 is 16.4 Å². The van der Waals surface area contributed by atoms with Gasteiger partial charge in [0, 0.05) is 50.2 Å². The molecule has 5 N–H and O–H groups in total. The minimum atomic E-state index is -3.54. The van der Waals surface area contributed by atoms with Crippen LogP contribution in [0.25, 0.3) is 11.1 Å². The highest BCUT2D eigenvalue weighted by molar-refractivity contribution is 7.90. The van der Waals surface area contributed by atoms with Gasteiger partial charge in [-0.3, -0.25) is 4.72 Å². The first-order valence-electron chi connectivity index (χ1n) is 12.2. The van der Waals surface area contributed by atoms with Crippen LogP contribution in [-0.4, -0.2) is 57.0 Å². The lowest BCUT2D eigenvalue weighted by Gasteiger charge is -2.27. The van der Waals surface area contributed by atoms with Gasteiger partial charge in [0.1, 0.15) is 0 Å². The van der Waals surface area contributed by atoms with Gasteiger partial charge in [0.2, 0.25) is 0 Å². The number of hydrogen-bond acceptors (Lipinski definition) is 5. The highest BCUT2D eigenvalue weighted by Crippen LogP contribution is 2.42. The number of benzene rings is 2. The lowest BCUT2D eigenvalue weighted by atomic mass is 9.92. The summed E-state index contributed by atoms with van der Waals surface area (Å²) in [6, 6.07) is 17.9. The SMILES string of the molecule is N[C@H]1CC[C@H](NC2CC2c2ccc(-c3cccc(NS(=O)(=O)N4CCNCC4)c3)cc2)CC1. The van der Waals surface area contributed by atoms with Crippen molar-refractivity contribution in [3.05, 3.63) is 54.1 Å². The Morgan fingerprint density at radius 3 is 2.39 bits per heavy atom. The quantitative estimate of drug-likeness (QED) is 0.500. The van der Waals surface area contributed by atoms with Gasteiger partial charge in [-0.15, -0.1) is 0 Å². The Balaban J connectivity index is 1.20. The summed E-state index contributed by atoms with van der Waals surface area (Å²) in [4.78, 5) is 0. The molecule has 0 spiro atoms. The van der Waals surface area contributed by atoms with Gasteiger partial charge in [-0.2, -0.15) is 12.7 Å². The summed E-state index contributed by atoms with van der Waals surface area (Å²) in [6.45, 7) is 2.34. The van der Waals surface area contributed by atoms with Crippen molar-refractivity contribution in [2.24, 2.45) is 5.73 Å². The molecule has 2 atom stereocenters. The third-order valence-electron chi connectivity index (χ3n) is 7.21. The van der Waals surface area contributed by atoms with Crippen LogP contribution >= 0.6 is 0 Å². The number of piperazine rings is 1. The predicted molar refractivity (Wildman–Crippen MR) is 133 cm³/mol. The fourth-order valence-electron chi connectivity index (χ4n) is 5.12. The molecule has 2 unspecified atom stereocenters. The maximum absolute atomic E-state index is 12.7. The Bertz CT molecular complexity index is 1040. The summed E-state index contributed by atoms with van der Waals surface area (Å²) in [7, 11) is -3.54. The van der Waals surface area contributed by atoms with Crippen molar-refractivity contribution in [3.8, 4) is 11.1 Å². The van der Waals surface area contributed by atoms with Crippen LogP contribution < -0.4 is 21.1 Å². The zero-order valence-electron chi connectivity index (χ0n) is 19.0. The van der Waals surface area contributed by atoms with E-state index in [9.17, 15) is 8.42 Å². The Morgan fingerprint density at radius 2 is 1.67 bits per heavy atom. The van der Waals surface area contributed by atoms with Gasteiger partial charge >= 0.3 is 10.2 Å². The number of nitrogens with zero attached hydrogens (tertiary/aromatic N) is 1. The topological polar surface area (TPSA) is 99.5 Å². The summed E-state index contributed by atoms with van der Waals surface area (Å²) in [5.74, 6) is 0.590. The first-order chi connectivity index (χ1) is 16.0. The molecule has 0 radical (unpaired) electrons. The molecule has 1 saturated heterocycles. The molecule has 3 aliphatic rings. The van der Waals surface area contributed by atoms with E-state index >= 15 is 0 Å². The van der Waals surface area contributed by atoms with E-state index in [1.165, 1.54) is 29.1 Å². The number of rotatable bonds is 7. The average Bonchev–Trinajstić information content (AvgIpc) is 3.60. The molecule has 2 saturated carbocycles. The Hall–Kier alpha value is -1.97. The molecule has 0 amide bonds. The summed E-state index contributed by atoms with van der Waals surface area (Å²) in [5, 5.41) is 7.02. The Morgan fingerprint density at radius 1 is 0.939 bits per heavy atom. The maximum Gasteiger partial charge on any atom is 0.301 e. The summed E-state index contributed by atoms with van der Waals surface area (Å²) >= 11 is 0. The van der Waals surface area contributed by atoms with E-state index in [-0.39, 0.29) is 0 Å². The van der Waals surface area contributed by atoms with Crippen molar-refractivity contribution in [1.29, 1.82) is 0 Å². The zero-order chi connectivity index (χ0) is 22.8. The van der Waals surface area contributed by atoms with Crippen molar-refractivity contribution in [3.63, 3.8) is 0 Å². The molecule has 33 heavy (non-hydrogen) atoms. The molecule has 2 aromatic carbocycles. The Kier molecular flexibility index (Phi) is 6.72. The number of nitrogens with one attached hydrogen (secondary N) is 3. The molecule has 8 heteroatoms. The smallest absolute Gasteiger partial charge is 0.301 e. The Labute approximate surface area is 197 Å². The van der Waals surface area contributed by atoms with Crippen LogP contribution in [-0.2, 0) is 10.2 Å². The van der Waals surface area contributed by atoms with E-state index in [4.69, 9.17) is 5.73 Å². The molecule has 3 fully saturated rings. The van der Waals surface area contributed by atoms with Crippen LogP contribution in [0.15, 0.2) is 48.5 Å². The number of anilines is 1. The van der Waals surface area contributed by atoms with Gasteiger partial charge in [0.15, 0.2) is 0 Å². The van der Waals surface area contributed by atoms with Crippen LogP contribution in [0.4, 0.5) is 5.69 Å². The van der Waals surface area contributed by atoms with Crippen molar-refractivity contribution in [2.75, 3.05) is 30.9 Å². The lowest BCUT2D eigenvalue weighted by molar-refractivity contribution is 0.339. The highest BCUT2D eigenvalue weighted by atomic mass is 32.2. The standard InChI is InChI=1S/C25H35N5O2S/c26-21-8-10-22(11-9-21)28-25-17-24(25)19-6-4-18(5-7-19)20-2-1-3-23(16-20)29-33(31,32)30-14-12-27-13-15-30/h1-7,16,21-22,24-25,27-29H,8-15,17,26H2/t21-,22-,24?,25?. The highest BCUT2D eigenvalue weighted by Gasteiger charge is 2.39. The molecular formula is C25H35N5O2S. The molecule has 2 aromatic rings. The van der Waals surface area contributed by atoms with Crippen molar-refractivity contribution in [2.45, 2.75) is 56.1 Å². The van der Waals surface area contributed by atoms with E-state index in [2.05, 4.69) is 39.6 Å². The molecule has 0 bridgehead atoms. The minimum Gasteiger partial charge on any atom is -0.328 e. The monoisotopic (exact) mass is 469 g/mol. The van der Waals surface area contributed by atoms with Gasteiger partial charge in [-0.05, 0) is 60.9 Å². The first-order valence-corrected chi connectivity index (χ1v) is 13.6. The molecule has 178 valence electrons. The van der Waals surface area contributed by atoms with Gasteiger partial charge in [-0.1, -0.05) is 36.4 Å². The van der Waals surface area contributed by atoms with Crippen molar-refractivity contribution in [1.82, 2.24) is 14.9 Å². The fourth-order valence-corrected chi connectivity index (χ4v) is 6.34.